The summed E-state index contributed by atoms with van der Waals surface area (Å²) in [4.78, 5) is 24.7. The van der Waals surface area contributed by atoms with Gasteiger partial charge in [-0.25, -0.2) is 4.79 Å². The number of halogens is 1. The summed E-state index contributed by atoms with van der Waals surface area (Å²) in [5, 5.41) is 12.9. The molecule has 0 spiro atoms. The van der Waals surface area contributed by atoms with Gasteiger partial charge in [-0.05, 0) is 80.8 Å². The molecule has 0 atom stereocenters. The first-order valence-electron chi connectivity index (χ1n) is 10.2. The van der Waals surface area contributed by atoms with E-state index in [1.54, 1.807) is 36.4 Å². The summed E-state index contributed by atoms with van der Waals surface area (Å²) < 4.78 is 6.83. The van der Waals surface area contributed by atoms with Crippen molar-refractivity contribution in [2.45, 2.75) is 27.7 Å². The fraction of sp³-hybridized carbons (Fsp3) is 0.192. The second-order valence-corrected chi connectivity index (χ2v) is 8.15. The highest BCUT2D eigenvalue weighted by molar-refractivity contribution is 6.31. The number of aromatic nitrogens is 1. The third-order valence-corrected chi connectivity index (χ3v) is 5.84. The molecule has 0 bridgehead atoms. The van der Waals surface area contributed by atoms with Gasteiger partial charge in [0.05, 0.1) is 12.7 Å². The van der Waals surface area contributed by atoms with Gasteiger partial charge in [-0.1, -0.05) is 23.7 Å². The maximum Gasteiger partial charge on any atom is 0.337 e. The molecular weight excluding hydrogens is 438 g/mol. The molecule has 0 saturated heterocycles. The Morgan fingerprint density at radius 3 is 2.39 bits per heavy atom. The van der Waals surface area contributed by atoms with Gasteiger partial charge in [0.1, 0.15) is 11.6 Å². The number of hydrogen-bond donors (Lipinski definition) is 1. The topological polar surface area (TPSA) is 84.1 Å². The van der Waals surface area contributed by atoms with Crippen molar-refractivity contribution in [3.8, 4) is 11.8 Å². The Balaban J connectivity index is 1.99. The summed E-state index contributed by atoms with van der Waals surface area (Å²) in [5.41, 5.74) is 6.05. The minimum absolute atomic E-state index is 0.0352. The molecule has 1 N–H and O–H groups in total. The summed E-state index contributed by atoms with van der Waals surface area (Å²) in [6.07, 6.45) is 1.56. The van der Waals surface area contributed by atoms with Crippen LogP contribution in [0.5, 0.6) is 0 Å². The number of ether oxygens (including phenoxy) is 1. The first kappa shape index (κ1) is 23.8. The zero-order valence-corrected chi connectivity index (χ0v) is 19.9. The van der Waals surface area contributed by atoms with Crippen molar-refractivity contribution in [2.24, 2.45) is 0 Å². The van der Waals surface area contributed by atoms with E-state index in [0.29, 0.717) is 16.3 Å². The zero-order chi connectivity index (χ0) is 24.3. The van der Waals surface area contributed by atoms with E-state index in [1.807, 2.05) is 50.5 Å². The molecule has 0 saturated carbocycles. The number of nitriles is 1. The number of hydrogen-bond acceptors (Lipinski definition) is 4. The number of nitrogens with one attached hydrogen (secondary N) is 1. The molecule has 0 radical (unpaired) electrons. The van der Waals surface area contributed by atoms with Crippen LogP contribution in [0.4, 0.5) is 5.69 Å². The molecular formula is C26H24ClN3O3. The molecule has 7 heteroatoms. The molecule has 0 fully saturated rings. The van der Waals surface area contributed by atoms with E-state index in [2.05, 4.69) is 5.32 Å². The fourth-order valence-electron chi connectivity index (χ4n) is 3.57. The van der Waals surface area contributed by atoms with Gasteiger partial charge < -0.3 is 14.6 Å². The van der Waals surface area contributed by atoms with Crippen molar-refractivity contribution < 1.29 is 14.3 Å². The Kier molecular flexibility index (Phi) is 7.05. The Hall–Kier alpha value is -3.82. The number of benzene rings is 2. The van der Waals surface area contributed by atoms with Crippen LogP contribution in [-0.2, 0) is 9.53 Å². The zero-order valence-electron chi connectivity index (χ0n) is 19.1. The lowest BCUT2D eigenvalue weighted by Crippen LogP contribution is -2.13. The normalized spacial score (nSPS) is 11.1. The third kappa shape index (κ3) is 5.00. The predicted molar refractivity (Wildman–Crippen MR) is 130 cm³/mol. The summed E-state index contributed by atoms with van der Waals surface area (Å²) in [6.45, 7) is 7.64. The summed E-state index contributed by atoms with van der Waals surface area (Å²) in [7, 11) is 1.34. The van der Waals surface area contributed by atoms with Gasteiger partial charge in [0.15, 0.2) is 0 Å². The lowest BCUT2D eigenvalue weighted by molar-refractivity contribution is -0.112. The number of esters is 1. The largest absolute Gasteiger partial charge is 0.465 e. The minimum Gasteiger partial charge on any atom is -0.465 e. The minimum atomic E-state index is -0.522. The second-order valence-electron chi connectivity index (χ2n) is 7.74. The van der Waals surface area contributed by atoms with Crippen LogP contribution in [-0.4, -0.2) is 23.6 Å². The van der Waals surface area contributed by atoms with Crippen LogP contribution < -0.4 is 5.32 Å². The molecule has 168 valence electrons. The smallest absolute Gasteiger partial charge is 0.337 e. The van der Waals surface area contributed by atoms with Gasteiger partial charge in [-0.15, -0.1) is 0 Å². The second kappa shape index (κ2) is 9.76. The lowest BCUT2D eigenvalue weighted by Gasteiger charge is -2.14. The Bertz CT molecular complexity index is 1330. The van der Waals surface area contributed by atoms with E-state index in [4.69, 9.17) is 16.3 Å². The molecule has 0 aliphatic heterocycles. The number of rotatable bonds is 5. The Labute approximate surface area is 198 Å². The van der Waals surface area contributed by atoms with Crippen molar-refractivity contribution in [2.75, 3.05) is 12.4 Å². The number of carbonyl (C=O) groups is 2. The number of carbonyl (C=O) groups excluding carboxylic acids is 2. The van der Waals surface area contributed by atoms with Crippen LogP contribution in [0.3, 0.4) is 0 Å². The molecule has 0 unspecified atom stereocenters. The average molecular weight is 462 g/mol. The van der Waals surface area contributed by atoms with Gasteiger partial charge in [0.25, 0.3) is 5.91 Å². The van der Waals surface area contributed by atoms with Crippen LogP contribution in [0.15, 0.2) is 48.0 Å². The third-order valence-electron chi connectivity index (χ3n) is 5.44. The maximum atomic E-state index is 12.7. The first-order chi connectivity index (χ1) is 15.7. The number of anilines is 1. The fourth-order valence-corrected chi connectivity index (χ4v) is 3.75. The van der Waals surface area contributed by atoms with Crippen molar-refractivity contribution in [1.29, 1.82) is 5.26 Å². The van der Waals surface area contributed by atoms with Crippen LogP contribution in [0.25, 0.3) is 11.8 Å². The highest BCUT2D eigenvalue weighted by Crippen LogP contribution is 2.26. The standard InChI is InChI=1S/C26H24ClN3O3/c1-15-7-9-22(13-23(15)27)29-25(31)21(14-28)11-20-10-17(3)30(18(20)4)24-12-19(26(32)33-5)8-6-16(24)2/h6-13H,1-5H3,(H,29,31)/b21-11-. The number of nitrogens with zero attached hydrogens (tertiary/aromatic N) is 2. The first-order valence-corrected chi connectivity index (χ1v) is 10.6. The van der Waals surface area contributed by atoms with Crippen LogP contribution in [0.1, 0.15) is 38.4 Å². The molecule has 6 nitrogen and oxygen atoms in total. The van der Waals surface area contributed by atoms with Gasteiger partial charge >= 0.3 is 5.97 Å². The molecule has 1 amide bonds. The molecule has 33 heavy (non-hydrogen) atoms. The SMILES string of the molecule is COC(=O)c1ccc(C)c(-n2c(C)cc(/C=C(/C#N)C(=O)Nc3ccc(C)c(Cl)c3)c2C)c1. The predicted octanol–water partition coefficient (Wildman–Crippen LogP) is 5.70. The van der Waals surface area contributed by atoms with Crippen molar-refractivity contribution in [1.82, 2.24) is 4.57 Å². The van der Waals surface area contributed by atoms with Crippen molar-refractivity contribution in [3.05, 3.63) is 86.7 Å². The maximum absolute atomic E-state index is 12.7. The van der Waals surface area contributed by atoms with Gasteiger partial charge in [0.2, 0.25) is 0 Å². The van der Waals surface area contributed by atoms with Crippen molar-refractivity contribution >= 4 is 35.2 Å². The molecule has 2 aromatic carbocycles. The highest BCUT2D eigenvalue weighted by atomic mass is 35.5. The van der Waals surface area contributed by atoms with E-state index in [1.165, 1.54) is 7.11 Å². The van der Waals surface area contributed by atoms with Crippen LogP contribution in [0.2, 0.25) is 5.02 Å². The van der Waals surface area contributed by atoms with E-state index in [-0.39, 0.29) is 5.57 Å². The number of amides is 1. The average Bonchev–Trinajstić information content (AvgIpc) is 3.07. The monoisotopic (exact) mass is 461 g/mol. The van der Waals surface area contributed by atoms with Gasteiger partial charge in [-0.2, -0.15) is 5.26 Å². The molecule has 1 heterocycles. The van der Waals surface area contributed by atoms with E-state index in [0.717, 1.165) is 33.8 Å². The highest BCUT2D eigenvalue weighted by Gasteiger charge is 2.17. The molecule has 3 rings (SSSR count). The van der Waals surface area contributed by atoms with E-state index < -0.39 is 11.9 Å². The van der Waals surface area contributed by atoms with Gasteiger partial charge in [0, 0.05) is 27.8 Å². The Morgan fingerprint density at radius 2 is 1.76 bits per heavy atom. The quantitative estimate of drug-likeness (QED) is 0.300. The molecule has 3 aromatic rings. The van der Waals surface area contributed by atoms with Crippen molar-refractivity contribution in [3.63, 3.8) is 0 Å². The molecule has 0 aliphatic rings. The van der Waals surface area contributed by atoms with E-state index >= 15 is 0 Å². The van der Waals surface area contributed by atoms with Gasteiger partial charge in [-0.3, -0.25) is 4.79 Å². The van der Waals surface area contributed by atoms with E-state index in [9.17, 15) is 14.9 Å². The number of methoxy groups -OCH3 is 1. The molecule has 1 aromatic heterocycles. The Morgan fingerprint density at radius 1 is 1.06 bits per heavy atom. The summed E-state index contributed by atoms with van der Waals surface area (Å²) in [6, 6.07) is 14.4. The van der Waals surface area contributed by atoms with Crippen LogP contribution >= 0.6 is 11.6 Å². The lowest BCUT2D eigenvalue weighted by atomic mass is 10.1. The summed E-state index contributed by atoms with van der Waals surface area (Å²) >= 11 is 6.13. The number of aryl methyl sites for hydroxylation is 3. The van der Waals surface area contributed by atoms with Crippen LogP contribution in [0, 0.1) is 39.0 Å². The molecule has 0 aliphatic carbocycles. The summed E-state index contributed by atoms with van der Waals surface area (Å²) in [5.74, 6) is -0.940.